The molecule has 1 saturated carbocycles. The zero-order valence-corrected chi connectivity index (χ0v) is 14.8. The van der Waals surface area contributed by atoms with E-state index in [4.69, 9.17) is 9.47 Å². The van der Waals surface area contributed by atoms with Gasteiger partial charge in [-0.25, -0.2) is 0 Å². The van der Waals surface area contributed by atoms with Crippen molar-refractivity contribution in [1.82, 2.24) is 4.90 Å². The molecule has 1 aromatic rings. The molecular formula is C20H31NO3. The highest BCUT2D eigenvalue weighted by molar-refractivity contribution is 5.27. The predicted octanol–water partition coefficient (Wildman–Crippen LogP) is 3.23. The van der Waals surface area contributed by atoms with Gasteiger partial charge >= 0.3 is 0 Å². The number of rotatable bonds is 7. The first kappa shape index (κ1) is 17.7. The minimum Gasteiger partial charge on any atom is -0.497 e. The van der Waals surface area contributed by atoms with Crippen molar-refractivity contribution in [1.29, 1.82) is 0 Å². The summed E-state index contributed by atoms with van der Waals surface area (Å²) in [6.45, 7) is 2.79. The van der Waals surface area contributed by atoms with Gasteiger partial charge < -0.3 is 14.6 Å². The van der Waals surface area contributed by atoms with Crippen LogP contribution in [0.2, 0.25) is 0 Å². The zero-order chi connectivity index (χ0) is 16.8. The van der Waals surface area contributed by atoms with E-state index in [-0.39, 0.29) is 0 Å². The molecule has 0 aromatic heterocycles. The van der Waals surface area contributed by atoms with Gasteiger partial charge in [-0.2, -0.15) is 0 Å². The third kappa shape index (κ3) is 4.71. The van der Waals surface area contributed by atoms with Crippen molar-refractivity contribution in [3.63, 3.8) is 0 Å². The van der Waals surface area contributed by atoms with E-state index in [0.717, 1.165) is 30.3 Å². The fraction of sp³-hybridized carbons (Fsp3) is 0.700. The average molecular weight is 333 g/mol. The van der Waals surface area contributed by atoms with Gasteiger partial charge in [0.2, 0.25) is 0 Å². The lowest BCUT2D eigenvalue weighted by Crippen LogP contribution is -2.50. The number of ether oxygens (including phenoxy) is 2. The number of likely N-dealkylation sites (tertiary alicyclic amines) is 1. The molecule has 134 valence electrons. The summed E-state index contributed by atoms with van der Waals surface area (Å²) in [6.07, 6.45) is 7.67. The molecule has 2 fully saturated rings. The summed E-state index contributed by atoms with van der Waals surface area (Å²) in [5.41, 5.74) is 1.08. The molecule has 1 N–H and O–H groups in total. The van der Waals surface area contributed by atoms with E-state index in [1.165, 1.54) is 38.5 Å². The van der Waals surface area contributed by atoms with Crippen LogP contribution in [-0.2, 0) is 11.3 Å². The van der Waals surface area contributed by atoms with Gasteiger partial charge in [-0.05, 0) is 55.8 Å². The van der Waals surface area contributed by atoms with Crippen LogP contribution < -0.4 is 4.74 Å². The monoisotopic (exact) mass is 333 g/mol. The van der Waals surface area contributed by atoms with E-state index in [1.807, 2.05) is 24.3 Å². The summed E-state index contributed by atoms with van der Waals surface area (Å²) in [5, 5.41) is 10.4. The summed E-state index contributed by atoms with van der Waals surface area (Å²) in [6, 6.07) is 8.58. The van der Waals surface area contributed by atoms with E-state index < -0.39 is 6.10 Å². The van der Waals surface area contributed by atoms with E-state index in [0.29, 0.717) is 19.3 Å². The van der Waals surface area contributed by atoms with Gasteiger partial charge in [-0.3, -0.25) is 4.90 Å². The van der Waals surface area contributed by atoms with E-state index >= 15 is 0 Å². The summed E-state index contributed by atoms with van der Waals surface area (Å²) in [4.78, 5) is 2.52. The normalized spacial score (nSPS) is 25.9. The van der Waals surface area contributed by atoms with Gasteiger partial charge in [-0.15, -0.1) is 0 Å². The Hall–Kier alpha value is -1.10. The highest BCUT2D eigenvalue weighted by Crippen LogP contribution is 2.35. The Bertz CT molecular complexity index is 505. The highest BCUT2D eigenvalue weighted by Gasteiger charge is 2.33. The van der Waals surface area contributed by atoms with Crippen LogP contribution in [0.4, 0.5) is 0 Å². The Morgan fingerprint density at radius 1 is 1.21 bits per heavy atom. The van der Waals surface area contributed by atoms with E-state index in [9.17, 15) is 5.11 Å². The number of benzene rings is 1. The number of fused-ring (bicyclic) bond motifs is 1. The molecule has 4 nitrogen and oxygen atoms in total. The Morgan fingerprint density at radius 3 is 2.92 bits per heavy atom. The van der Waals surface area contributed by atoms with Crippen molar-refractivity contribution in [3.8, 4) is 5.75 Å². The standard InChI is InChI=1S/C20H31NO3/c1-23-19-9-4-6-16(12-19)14-24-15-18(22)13-21-11-5-8-17-7-2-3-10-20(17)21/h4,6,9,12,17-18,20,22H,2-3,5,7-8,10-11,13-15H2,1H3. The van der Waals surface area contributed by atoms with E-state index in [1.54, 1.807) is 7.11 Å². The molecule has 3 atom stereocenters. The molecule has 24 heavy (non-hydrogen) atoms. The Balaban J connectivity index is 1.42. The lowest BCUT2D eigenvalue weighted by atomic mass is 9.78. The predicted molar refractivity (Wildman–Crippen MR) is 95.2 cm³/mol. The van der Waals surface area contributed by atoms with Crippen LogP contribution in [0.5, 0.6) is 5.75 Å². The van der Waals surface area contributed by atoms with Gasteiger partial charge in [0.1, 0.15) is 5.75 Å². The maximum absolute atomic E-state index is 10.4. The van der Waals surface area contributed by atoms with Gasteiger partial charge in [0.25, 0.3) is 0 Å². The molecular weight excluding hydrogens is 302 g/mol. The second-order valence-electron chi connectivity index (χ2n) is 7.27. The molecule has 4 heteroatoms. The molecule has 0 radical (unpaired) electrons. The molecule has 1 aliphatic carbocycles. The molecule has 1 saturated heterocycles. The molecule has 3 unspecified atom stereocenters. The van der Waals surface area contributed by atoms with E-state index in [2.05, 4.69) is 4.90 Å². The lowest BCUT2D eigenvalue weighted by molar-refractivity contribution is -0.0201. The summed E-state index contributed by atoms with van der Waals surface area (Å²) in [7, 11) is 1.67. The van der Waals surface area contributed by atoms with Crippen LogP contribution in [0.15, 0.2) is 24.3 Å². The quantitative estimate of drug-likeness (QED) is 0.832. The SMILES string of the molecule is COc1cccc(COCC(O)CN2CCCC3CCCCC32)c1. The maximum Gasteiger partial charge on any atom is 0.119 e. The number of β-amino-alcohol motifs (C(OH)–C–C–N with tert-alkyl or cyclic N) is 1. The van der Waals surface area contributed by atoms with Gasteiger partial charge in [0, 0.05) is 12.6 Å². The molecule has 3 rings (SSSR count). The number of hydrogen-bond donors (Lipinski definition) is 1. The first-order chi connectivity index (χ1) is 11.8. The minimum atomic E-state index is -0.406. The molecule has 0 spiro atoms. The molecule has 0 bridgehead atoms. The van der Waals surface area contributed by atoms with Crippen molar-refractivity contribution in [3.05, 3.63) is 29.8 Å². The van der Waals surface area contributed by atoms with Crippen LogP contribution in [0, 0.1) is 5.92 Å². The highest BCUT2D eigenvalue weighted by atomic mass is 16.5. The van der Waals surface area contributed by atoms with Crippen molar-refractivity contribution >= 4 is 0 Å². The number of methoxy groups -OCH3 is 1. The third-order valence-corrected chi connectivity index (χ3v) is 5.52. The Morgan fingerprint density at radius 2 is 2.04 bits per heavy atom. The lowest BCUT2D eigenvalue weighted by Gasteiger charge is -2.44. The molecule has 1 heterocycles. The maximum atomic E-state index is 10.4. The van der Waals surface area contributed by atoms with Crippen LogP contribution in [0.25, 0.3) is 0 Å². The van der Waals surface area contributed by atoms with Crippen LogP contribution in [0.3, 0.4) is 0 Å². The average Bonchev–Trinajstić information content (AvgIpc) is 2.62. The smallest absolute Gasteiger partial charge is 0.119 e. The minimum absolute atomic E-state index is 0.394. The molecule has 0 amide bonds. The van der Waals surface area contributed by atoms with Crippen LogP contribution >= 0.6 is 0 Å². The number of aliphatic hydroxyl groups excluding tert-OH is 1. The van der Waals surface area contributed by atoms with Gasteiger partial charge in [0.05, 0.1) is 26.4 Å². The fourth-order valence-corrected chi connectivity index (χ4v) is 4.35. The second kappa shape index (κ2) is 8.84. The number of piperidine rings is 1. The van der Waals surface area contributed by atoms with Crippen LogP contribution in [-0.4, -0.2) is 49.0 Å². The number of nitrogens with zero attached hydrogens (tertiary/aromatic N) is 1. The number of aliphatic hydroxyl groups is 1. The first-order valence-corrected chi connectivity index (χ1v) is 9.39. The largest absolute Gasteiger partial charge is 0.497 e. The fourth-order valence-electron chi connectivity index (χ4n) is 4.35. The van der Waals surface area contributed by atoms with Crippen molar-refractivity contribution in [2.45, 2.75) is 57.3 Å². The van der Waals surface area contributed by atoms with Crippen molar-refractivity contribution < 1.29 is 14.6 Å². The summed E-state index contributed by atoms with van der Waals surface area (Å²) < 4.78 is 10.9. The second-order valence-corrected chi connectivity index (χ2v) is 7.27. The zero-order valence-electron chi connectivity index (χ0n) is 14.8. The van der Waals surface area contributed by atoms with Crippen molar-refractivity contribution in [2.24, 2.45) is 5.92 Å². The molecule has 2 aliphatic rings. The summed E-state index contributed by atoms with van der Waals surface area (Å²) in [5.74, 6) is 1.70. The van der Waals surface area contributed by atoms with Crippen molar-refractivity contribution in [2.75, 3.05) is 26.8 Å². The van der Waals surface area contributed by atoms with Crippen LogP contribution in [0.1, 0.15) is 44.1 Å². The molecule has 1 aliphatic heterocycles. The summed E-state index contributed by atoms with van der Waals surface area (Å²) >= 11 is 0. The third-order valence-electron chi connectivity index (χ3n) is 5.52. The number of hydrogen-bond acceptors (Lipinski definition) is 4. The Labute approximate surface area is 145 Å². The molecule has 1 aromatic carbocycles. The first-order valence-electron chi connectivity index (χ1n) is 9.39. The topological polar surface area (TPSA) is 41.9 Å². The van der Waals surface area contributed by atoms with Gasteiger partial charge in [0.15, 0.2) is 0 Å². The Kier molecular flexibility index (Phi) is 6.52. The van der Waals surface area contributed by atoms with Gasteiger partial charge in [-0.1, -0.05) is 25.0 Å².